The quantitative estimate of drug-likeness (QED) is 0.0544. The molecule has 0 heterocycles. The van der Waals surface area contributed by atoms with Gasteiger partial charge in [-0.15, -0.1) is 0 Å². The maximum Gasteiger partial charge on any atom is 0.0431 e. The van der Waals surface area contributed by atoms with E-state index in [0.29, 0.717) is 6.61 Å². The molecule has 0 saturated heterocycles. The molecule has 0 rings (SSSR count). The summed E-state index contributed by atoms with van der Waals surface area (Å²) in [7, 11) is 0. The van der Waals surface area contributed by atoms with Crippen molar-refractivity contribution >= 4 is 22.6 Å². The molecule has 32 heavy (non-hydrogen) atoms. The maximum absolute atomic E-state index is 8.76. The highest BCUT2D eigenvalue weighted by molar-refractivity contribution is 14.1. The van der Waals surface area contributed by atoms with E-state index >= 15 is 0 Å². The Morgan fingerprint density at radius 3 is 0.562 bits per heavy atom. The first-order chi connectivity index (χ1) is 15.9. The van der Waals surface area contributed by atoms with E-state index in [1.807, 2.05) is 0 Å². The van der Waals surface area contributed by atoms with Crippen molar-refractivity contribution in [2.24, 2.45) is 0 Å². The molecule has 0 aromatic carbocycles. The number of aliphatic hydroxyl groups excluding tert-OH is 1. The Labute approximate surface area is 217 Å². The predicted molar refractivity (Wildman–Crippen MR) is 155 cm³/mol. The lowest BCUT2D eigenvalue weighted by Crippen LogP contribution is -1.85. The Kier molecular flexibility index (Phi) is 32.4. The molecule has 0 spiro atoms. The summed E-state index contributed by atoms with van der Waals surface area (Å²) in [5.74, 6) is 0. The molecular weight excluding hydrogens is 503 g/mol. The topological polar surface area (TPSA) is 20.2 Å². The fourth-order valence-corrected chi connectivity index (χ4v) is 5.34. The Morgan fingerprint density at radius 1 is 0.250 bits per heavy atom. The molecule has 0 saturated carbocycles. The molecule has 0 atom stereocenters. The predicted octanol–water partition coefficient (Wildman–Crippen LogP) is 11.3. The molecule has 194 valence electrons. The van der Waals surface area contributed by atoms with Crippen LogP contribution in [0.3, 0.4) is 0 Å². The van der Waals surface area contributed by atoms with E-state index in [9.17, 15) is 0 Å². The van der Waals surface area contributed by atoms with Crippen LogP contribution in [-0.2, 0) is 0 Å². The molecule has 0 aromatic heterocycles. The zero-order valence-corrected chi connectivity index (χ0v) is 24.2. The Hall–Kier alpha value is 0.690. The molecule has 1 N–H and O–H groups in total. The van der Waals surface area contributed by atoms with Gasteiger partial charge in [0.2, 0.25) is 0 Å². The molecule has 2 heteroatoms. The van der Waals surface area contributed by atoms with Gasteiger partial charge in [-0.3, -0.25) is 0 Å². The molecule has 0 aromatic rings. The monoisotopic (exact) mass is 564 g/mol. The Bertz CT molecular complexity index is 277. The van der Waals surface area contributed by atoms with E-state index in [2.05, 4.69) is 22.6 Å². The zero-order valence-electron chi connectivity index (χ0n) is 22.0. The van der Waals surface area contributed by atoms with Crippen molar-refractivity contribution in [3.8, 4) is 0 Å². The average Bonchev–Trinajstić information content (AvgIpc) is 2.81. The van der Waals surface area contributed by atoms with Crippen LogP contribution in [0.25, 0.3) is 0 Å². The summed E-state index contributed by atoms with van der Waals surface area (Å²) in [6.45, 7) is 0.374. The van der Waals surface area contributed by atoms with Crippen LogP contribution in [0, 0.1) is 0 Å². The first-order valence-corrected chi connectivity index (χ1v) is 16.6. The highest BCUT2D eigenvalue weighted by atomic mass is 127. The second-order valence-electron chi connectivity index (χ2n) is 10.3. The van der Waals surface area contributed by atoms with Crippen molar-refractivity contribution in [1.29, 1.82) is 0 Å². The normalized spacial score (nSPS) is 11.4. The Morgan fingerprint density at radius 2 is 0.406 bits per heavy atom. The van der Waals surface area contributed by atoms with E-state index in [0.717, 1.165) is 6.42 Å². The number of rotatable bonds is 29. The first kappa shape index (κ1) is 32.7. The van der Waals surface area contributed by atoms with E-state index in [1.54, 1.807) is 0 Å². The lowest BCUT2D eigenvalue weighted by Gasteiger charge is -2.04. The Balaban J connectivity index is 2.98. The van der Waals surface area contributed by atoms with Crippen LogP contribution in [0.5, 0.6) is 0 Å². The summed E-state index contributed by atoms with van der Waals surface area (Å²) in [5, 5.41) is 8.76. The van der Waals surface area contributed by atoms with Crippen LogP contribution < -0.4 is 0 Å². The molecule has 0 radical (unpaired) electrons. The summed E-state index contributed by atoms with van der Waals surface area (Å²) in [6.07, 6.45) is 40.1. The van der Waals surface area contributed by atoms with Gasteiger partial charge >= 0.3 is 0 Å². The van der Waals surface area contributed by atoms with Gasteiger partial charge in [0.1, 0.15) is 0 Å². The van der Waals surface area contributed by atoms with Gasteiger partial charge in [0.25, 0.3) is 0 Å². The molecule has 0 fully saturated rings. The smallest absolute Gasteiger partial charge is 0.0431 e. The average molecular weight is 565 g/mol. The van der Waals surface area contributed by atoms with Crippen molar-refractivity contribution in [2.75, 3.05) is 11.0 Å². The van der Waals surface area contributed by atoms with Crippen LogP contribution in [0.15, 0.2) is 0 Å². The van der Waals surface area contributed by atoms with Gasteiger partial charge in [0.15, 0.2) is 0 Å². The van der Waals surface area contributed by atoms with Crippen LogP contribution in [0.4, 0.5) is 0 Å². The van der Waals surface area contributed by atoms with E-state index in [-0.39, 0.29) is 0 Å². The van der Waals surface area contributed by atoms with Crippen LogP contribution in [0.1, 0.15) is 180 Å². The number of hydrogen-bond donors (Lipinski definition) is 1. The third-order valence-corrected chi connectivity index (χ3v) is 7.80. The lowest BCUT2D eigenvalue weighted by atomic mass is 10.0. The number of alkyl halides is 1. The number of hydrogen-bond acceptors (Lipinski definition) is 1. The lowest BCUT2D eigenvalue weighted by molar-refractivity contribution is 0.282. The summed E-state index contributed by atoms with van der Waals surface area (Å²) in [4.78, 5) is 0. The summed E-state index contributed by atoms with van der Waals surface area (Å²) < 4.78 is 1.34. The molecule has 0 bridgehead atoms. The summed E-state index contributed by atoms with van der Waals surface area (Å²) >= 11 is 2.50. The van der Waals surface area contributed by atoms with Gasteiger partial charge in [0, 0.05) is 6.61 Å². The van der Waals surface area contributed by atoms with Gasteiger partial charge in [-0.2, -0.15) is 0 Å². The SMILES string of the molecule is OCCCCCCCCCCCCCCCCCCCCCCCCCCCCCCI. The maximum atomic E-state index is 8.76. The number of halogens is 1. The van der Waals surface area contributed by atoms with Crippen molar-refractivity contribution in [3.63, 3.8) is 0 Å². The third-order valence-electron chi connectivity index (χ3n) is 7.04. The number of aliphatic hydroxyl groups is 1. The van der Waals surface area contributed by atoms with E-state index in [1.165, 1.54) is 178 Å². The second-order valence-corrected chi connectivity index (χ2v) is 11.4. The summed E-state index contributed by atoms with van der Waals surface area (Å²) in [6, 6.07) is 0. The fraction of sp³-hybridized carbons (Fsp3) is 1.00. The largest absolute Gasteiger partial charge is 0.396 e. The molecule has 0 amide bonds. The van der Waals surface area contributed by atoms with Crippen LogP contribution >= 0.6 is 22.6 Å². The standard InChI is InChI=1S/C30H61IO/c31-29-27-25-23-21-19-17-15-13-11-9-7-5-3-1-2-4-6-8-10-12-14-16-18-20-22-24-26-28-30-32/h32H,1-30H2. The van der Waals surface area contributed by atoms with Crippen molar-refractivity contribution < 1.29 is 5.11 Å². The van der Waals surface area contributed by atoms with Gasteiger partial charge in [-0.25, -0.2) is 0 Å². The van der Waals surface area contributed by atoms with E-state index < -0.39 is 0 Å². The van der Waals surface area contributed by atoms with Crippen molar-refractivity contribution in [2.45, 2.75) is 180 Å². The molecule has 1 nitrogen and oxygen atoms in total. The fourth-order valence-electron chi connectivity index (χ4n) is 4.80. The van der Waals surface area contributed by atoms with Crippen LogP contribution in [0.2, 0.25) is 0 Å². The summed E-state index contributed by atoms with van der Waals surface area (Å²) in [5.41, 5.74) is 0. The van der Waals surface area contributed by atoms with Gasteiger partial charge < -0.3 is 5.11 Å². The van der Waals surface area contributed by atoms with Gasteiger partial charge in [-0.05, 0) is 17.3 Å². The van der Waals surface area contributed by atoms with Crippen LogP contribution in [-0.4, -0.2) is 16.1 Å². The third kappa shape index (κ3) is 30.7. The highest BCUT2D eigenvalue weighted by Gasteiger charge is 1.96. The molecular formula is C30H61IO. The first-order valence-electron chi connectivity index (χ1n) is 15.1. The highest BCUT2D eigenvalue weighted by Crippen LogP contribution is 2.16. The van der Waals surface area contributed by atoms with Crippen molar-refractivity contribution in [3.05, 3.63) is 0 Å². The molecule has 0 aliphatic carbocycles. The van der Waals surface area contributed by atoms with Gasteiger partial charge in [-0.1, -0.05) is 190 Å². The minimum atomic E-state index is 0.374. The minimum absolute atomic E-state index is 0.374. The minimum Gasteiger partial charge on any atom is -0.396 e. The molecule has 0 unspecified atom stereocenters. The second kappa shape index (κ2) is 31.7. The number of unbranched alkanes of at least 4 members (excludes halogenated alkanes) is 27. The zero-order chi connectivity index (χ0) is 23.2. The molecule has 0 aliphatic heterocycles. The van der Waals surface area contributed by atoms with Crippen molar-refractivity contribution in [1.82, 2.24) is 0 Å². The van der Waals surface area contributed by atoms with E-state index in [4.69, 9.17) is 5.11 Å². The van der Waals surface area contributed by atoms with Gasteiger partial charge in [0.05, 0.1) is 0 Å². The molecule has 0 aliphatic rings.